The molecule has 2 heterocycles. The number of fused-ring (bicyclic) bond motifs is 2. The molecule has 1 aromatic carbocycles. The van der Waals surface area contributed by atoms with Gasteiger partial charge in [0.25, 0.3) is 0 Å². The normalized spacial score (nSPS) is 19.0. The van der Waals surface area contributed by atoms with Crippen molar-refractivity contribution in [1.29, 1.82) is 0 Å². The molecule has 4 rings (SSSR count). The lowest BCUT2D eigenvalue weighted by atomic mass is 9.81. The number of hydrogen-bond donors (Lipinski definition) is 1. The summed E-state index contributed by atoms with van der Waals surface area (Å²) in [7, 11) is 0. The number of carbonyl (C=O) groups is 2. The van der Waals surface area contributed by atoms with Crippen molar-refractivity contribution in [1.82, 2.24) is 4.57 Å². The van der Waals surface area contributed by atoms with E-state index < -0.39 is 5.97 Å². The summed E-state index contributed by atoms with van der Waals surface area (Å²) in [6.07, 6.45) is 1.51. The molecule has 0 saturated heterocycles. The lowest BCUT2D eigenvalue weighted by Gasteiger charge is -2.23. The Morgan fingerprint density at radius 1 is 1.23 bits per heavy atom. The summed E-state index contributed by atoms with van der Waals surface area (Å²) in [6.45, 7) is 7.02. The molecule has 0 amide bonds. The largest absolute Gasteiger partial charge is 0.481 e. The van der Waals surface area contributed by atoms with Crippen molar-refractivity contribution in [3.63, 3.8) is 0 Å². The van der Waals surface area contributed by atoms with E-state index in [9.17, 15) is 14.7 Å². The van der Waals surface area contributed by atoms with Crippen LogP contribution in [0.3, 0.4) is 0 Å². The van der Waals surface area contributed by atoms with Gasteiger partial charge < -0.3 is 9.67 Å². The molecule has 3 aromatic rings. The third kappa shape index (κ3) is 3.52. The van der Waals surface area contributed by atoms with Crippen molar-refractivity contribution in [3.8, 4) is 0 Å². The van der Waals surface area contributed by atoms with Gasteiger partial charge in [0.05, 0.1) is 5.69 Å². The van der Waals surface area contributed by atoms with Crippen molar-refractivity contribution < 1.29 is 14.7 Å². The number of aryl methyl sites for hydroxylation is 1. The molecule has 1 aliphatic carbocycles. The predicted octanol–water partition coefficient (Wildman–Crippen LogP) is 6.37. The molecule has 2 unspecified atom stereocenters. The monoisotopic (exact) mass is 421 g/mol. The van der Waals surface area contributed by atoms with Gasteiger partial charge >= 0.3 is 5.97 Å². The van der Waals surface area contributed by atoms with Gasteiger partial charge in [0.1, 0.15) is 4.83 Å². The molecular weight excluding hydrogens is 394 g/mol. The number of aliphatic carboxylic acids is 1. The lowest BCUT2D eigenvalue weighted by molar-refractivity contribution is -0.137. The van der Waals surface area contributed by atoms with Gasteiger partial charge in [-0.15, -0.1) is 11.3 Å². The molecule has 1 aliphatic rings. The number of ketones is 1. The van der Waals surface area contributed by atoms with Crippen LogP contribution in [0.5, 0.6) is 0 Å². The van der Waals surface area contributed by atoms with Crippen molar-refractivity contribution in [3.05, 3.63) is 64.2 Å². The fourth-order valence-corrected chi connectivity index (χ4v) is 5.82. The van der Waals surface area contributed by atoms with E-state index in [-0.39, 0.29) is 24.0 Å². The van der Waals surface area contributed by atoms with Gasteiger partial charge in [-0.2, -0.15) is 0 Å². The number of hydrogen-bond acceptors (Lipinski definition) is 3. The average Bonchev–Trinajstić information content (AvgIpc) is 3.29. The van der Waals surface area contributed by atoms with Gasteiger partial charge in [-0.05, 0) is 67.2 Å². The first-order valence-corrected chi connectivity index (χ1v) is 11.4. The highest BCUT2D eigenvalue weighted by Gasteiger charge is 2.31. The van der Waals surface area contributed by atoms with Crippen molar-refractivity contribution in [2.24, 2.45) is 5.92 Å². The average molecular weight is 422 g/mol. The van der Waals surface area contributed by atoms with Crippen LogP contribution in [0.1, 0.15) is 67.6 Å². The van der Waals surface area contributed by atoms with Crippen LogP contribution in [0.15, 0.2) is 47.4 Å². The second kappa shape index (κ2) is 8.23. The first-order valence-electron chi connectivity index (χ1n) is 10.5. The quantitative estimate of drug-likeness (QED) is 0.471. The van der Waals surface area contributed by atoms with E-state index in [4.69, 9.17) is 0 Å². The zero-order valence-electron chi connectivity index (χ0n) is 17.6. The molecular formula is C25H27NO3S. The number of nitrogens with zero attached hydrogens (tertiary/aromatic N) is 1. The van der Waals surface area contributed by atoms with Crippen LogP contribution in [-0.4, -0.2) is 21.4 Å². The van der Waals surface area contributed by atoms with Crippen molar-refractivity contribution >= 4 is 38.9 Å². The van der Waals surface area contributed by atoms with Crippen LogP contribution in [0.25, 0.3) is 15.8 Å². The Bertz CT molecular complexity index is 1150. The number of carbonyl (C=O) groups excluding carboxylic acids is 1. The number of allylic oxidation sites excluding steroid dienone is 2. The van der Waals surface area contributed by atoms with Crippen LogP contribution in [0.4, 0.5) is 0 Å². The van der Waals surface area contributed by atoms with E-state index in [1.165, 1.54) is 0 Å². The maximum absolute atomic E-state index is 13.9. The van der Waals surface area contributed by atoms with Gasteiger partial charge in [0, 0.05) is 23.9 Å². The molecule has 2 atom stereocenters. The zero-order valence-corrected chi connectivity index (χ0v) is 18.5. The third-order valence-corrected chi connectivity index (χ3v) is 7.38. The molecule has 0 spiro atoms. The summed E-state index contributed by atoms with van der Waals surface area (Å²) in [6, 6.07) is 12.2. The highest BCUT2D eigenvalue weighted by Crippen LogP contribution is 2.43. The van der Waals surface area contributed by atoms with Crippen LogP contribution < -0.4 is 0 Å². The summed E-state index contributed by atoms with van der Waals surface area (Å²) in [5, 5.41) is 12.4. The summed E-state index contributed by atoms with van der Waals surface area (Å²) in [5.74, 6) is -0.300. The van der Waals surface area contributed by atoms with Crippen molar-refractivity contribution in [2.75, 3.05) is 0 Å². The Balaban J connectivity index is 1.83. The van der Waals surface area contributed by atoms with Gasteiger partial charge in [-0.1, -0.05) is 36.8 Å². The second-order valence-electron chi connectivity index (χ2n) is 8.21. The Morgan fingerprint density at radius 2 is 2.00 bits per heavy atom. The first-order chi connectivity index (χ1) is 14.4. The summed E-state index contributed by atoms with van der Waals surface area (Å²) >= 11 is 1.66. The number of Topliss-reactive ketones (excluding diaryl/α,β-unsaturated/α-hetero) is 1. The number of carboxylic acids is 1. The maximum Gasteiger partial charge on any atom is 0.303 e. The van der Waals surface area contributed by atoms with Gasteiger partial charge in [-0.3, -0.25) is 9.59 Å². The highest BCUT2D eigenvalue weighted by molar-refractivity contribution is 7.16. The molecule has 4 nitrogen and oxygen atoms in total. The predicted molar refractivity (Wildman–Crippen MR) is 122 cm³/mol. The smallest absolute Gasteiger partial charge is 0.303 e. The van der Waals surface area contributed by atoms with Crippen molar-refractivity contribution in [2.45, 2.75) is 52.5 Å². The minimum atomic E-state index is -0.765. The number of thiophene rings is 1. The molecule has 0 bridgehead atoms. The van der Waals surface area contributed by atoms with Crippen LogP contribution in [0, 0.1) is 5.92 Å². The number of aromatic nitrogens is 1. The summed E-state index contributed by atoms with van der Waals surface area (Å²) in [5.41, 5.74) is 4.72. The van der Waals surface area contributed by atoms with E-state index in [0.29, 0.717) is 6.42 Å². The standard InChI is InChI=1S/C25H27NO3S/c1-4-26-21(14-18-11-12-30-25(18)26)24(29)23-15(2)13-17(9-10-22(27)28)16(3)19-7-5-6-8-20(19)23/h5-8,11-12,14,16-17H,4,9-10,13H2,1-3H3,(H,27,28). The summed E-state index contributed by atoms with van der Waals surface area (Å²) in [4.78, 5) is 26.2. The first kappa shape index (κ1) is 20.6. The van der Waals surface area contributed by atoms with E-state index in [0.717, 1.165) is 51.1 Å². The van der Waals surface area contributed by atoms with E-state index in [1.54, 1.807) is 11.3 Å². The molecule has 2 aromatic heterocycles. The number of carboxylic acid groups (broad SMARTS) is 1. The molecule has 0 fully saturated rings. The number of benzene rings is 1. The Labute approximate surface area is 180 Å². The minimum Gasteiger partial charge on any atom is -0.481 e. The lowest BCUT2D eigenvalue weighted by Crippen LogP contribution is -2.12. The maximum atomic E-state index is 13.9. The minimum absolute atomic E-state index is 0.0660. The van der Waals surface area contributed by atoms with E-state index in [1.807, 2.05) is 31.2 Å². The van der Waals surface area contributed by atoms with Gasteiger partial charge in [0.15, 0.2) is 0 Å². The van der Waals surface area contributed by atoms with E-state index in [2.05, 4.69) is 35.9 Å². The highest BCUT2D eigenvalue weighted by atomic mass is 32.1. The Kier molecular flexibility index (Phi) is 5.65. The van der Waals surface area contributed by atoms with Crippen LogP contribution >= 0.6 is 11.3 Å². The topological polar surface area (TPSA) is 59.3 Å². The van der Waals surface area contributed by atoms with Crippen LogP contribution in [-0.2, 0) is 11.3 Å². The third-order valence-electron chi connectivity index (χ3n) is 6.43. The molecule has 30 heavy (non-hydrogen) atoms. The fourth-order valence-electron chi connectivity index (χ4n) is 4.86. The van der Waals surface area contributed by atoms with Crippen LogP contribution in [0.2, 0.25) is 0 Å². The molecule has 1 N–H and O–H groups in total. The van der Waals surface area contributed by atoms with Gasteiger partial charge in [0.2, 0.25) is 5.78 Å². The Hall–Kier alpha value is -2.66. The Morgan fingerprint density at radius 3 is 2.73 bits per heavy atom. The fraction of sp³-hybridized carbons (Fsp3) is 0.360. The number of rotatable bonds is 6. The SMILES string of the molecule is CCn1c(C(=O)C2=C(C)CC(CCC(=O)O)C(C)c3ccccc32)cc2ccsc21. The second-order valence-corrected chi connectivity index (χ2v) is 9.11. The zero-order chi connectivity index (χ0) is 21.4. The molecule has 5 heteroatoms. The molecule has 156 valence electrons. The molecule has 0 saturated carbocycles. The molecule has 0 radical (unpaired) electrons. The van der Waals surface area contributed by atoms with E-state index >= 15 is 0 Å². The van der Waals surface area contributed by atoms with Gasteiger partial charge in [-0.25, -0.2) is 0 Å². The molecule has 0 aliphatic heterocycles. The summed E-state index contributed by atoms with van der Waals surface area (Å²) < 4.78 is 2.11.